The maximum atomic E-state index is 12.1. The van der Waals surface area contributed by atoms with Gasteiger partial charge in [-0.05, 0) is 55.8 Å². The number of carbonyl (C=O) groups excluding carboxylic acids is 1. The maximum Gasteiger partial charge on any atom is 0.244 e. The Kier molecular flexibility index (Phi) is 4.51. The highest BCUT2D eigenvalue weighted by Gasteiger charge is 2.26. The highest BCUT2D eigenvalue weighted by Crippen LogP contribution is 2.38. The fourth-order valence-corrected chi connectivity index (χ4v) is 3.83. The Morgan fingerprint density at radius 2 is 2.31 bits per heavy atom. The summed E-state index contributed by atoms with van der Waals surface area (Å²) in [4.78, 5) is 17.5. The van der Waals surface area contributed by atoms with Crippen LogP contribution in [0.2, 0.25) is 0 Å². The van der Waals surface area contributed by atoms with Crippen LogP contribution in [-0.2, 0) is 11.3 Å². The molecule has 0 aliphatic heterocycles. The summed E-state index contributed by atoms with van der Waals surface area (Å²) >= 11 is 1.57. The van der Waals surface area contributed by atoms with Crippen molar-refractivity contribution in [1.29, 1.82) is 0 Å². The van der Waals surface area contributed by atoms with Crippen molar-refractivity contribution in [2.45, 2.75) is 39.3 Å². The number of nitrogens with zero attached hydrogens (tertiary/aromatic N) is 2. The molecule has 4 rings (SSSR count). The van der Waals surface area contributed by atoms with Crippen LogP contribution in [0, 0.1) is 13.8 Å². The van der Waals surface area contributed by atoms with Crippen LogP contribution in [0.5, 0.6) is 0 Å². The number of thiophene rings is 1. The Balaban J connectivity index is 1.36. The molecule has 0 radical (unpaired) electrons. The number of oxazole rings is 1. The predicted octanol–water partition coefficient (Wildman–Crippen LogP) is 4.49. The number of hydrogen-bond donors (Lipinski definition) is 1. The second kappa shape index (κ2) is 6.96. The molecule has 6 heteroatoms. The summed E-state index contributed by atoms with van der Waals surface area (Å²) < 4.78 is 7.83. The van der Waals surface area contributed by atoms with Gasteiger partial charge in [0.2, 0.25) is 11.8 Å². The number of aromatic nitrogens is 2. The topological polar surface area (TPSA) is 60.1 Å². The van der Waals surface area contributed by atoms with Crippen molar-refractivity contribution in [3.63, 3.8) is 0 Å². The summed E-state index contributed by atoms with van der Waals surface area (Å²) in [6.07, 6.45) is 7.56. The SMILES string of the molecule is Cc1cc(C=CC(=O)NCc2coc(-c3cccs3)n2)c(C)n1C1CC1. The molecule has 134 valence electrons. The first-order valence-corrected chi connectivity index (χ1v) is 9.62. The molecule has 3 aromatic rings. The molecule has 1 fully saturated rings. The lowest BCUT2D eigenvalue weighted by Crippen LogP contribution is -2.20. The molecule has 1 N–H and O–H groups in total. The van der Waals surface area contributed by atoms with Gasteiger partial charge < -0.3 is 14.3 Å². The first kappa shape index (κ1) is 16.8. The molecule has 1 aliphatic rings. The van der Waals surface area contributed by atoms with Crippen LogP contribution < -0.4 is 5.32 Å². The fraction of sp³-hybridized carbons (Fsp3) is 0.300. The number of amides is 1. The highest BCUT2D eigenvalue weighted by molar-refractivity contribution is 7.13. The van der Waals surface area contributed by atoms with Gasteiger partial charge >= 0.3 is 0 Å². The predicted molar refractivity (Wildman–Crippen MR) is 103 cm³/mol. The van der Waals surface area contributed by atoms with E-state index in [1.54, 1.807) is 23.7 Å². The molecular formula is C20H21N3O2S. The molecule has 0 atom stereocenters. The van der Waals surface area contributed by atoms with Crippen LogP contribution >= 0.6 is 11.3 Å². The van der Waals surface area contributed by atoms with E-state index in [-0.39, 0.29) is 5.91 Å². The van der Waals surface area contributed by atoms with Gasteiger partial charge in [-0.15, -0.1) is 11.3 Å². The van der Waals surface area contributed by atoms with E-state index >= 15 is 0 Å². The van der Waals surface area contributed by atoms with Crippen molar-refractivity contribution in [3.05, 3.63) is 58.6 Å². The molecular weight excluding hydrogens is 346 g/mol. The normalized spacial score (nSPS) is 14.2. The Morgan fingerprint density at radius 3 is 3.04 bits per heavy atom. The Hall–Kier alpha value is -2.60. The van der Waals surface area contributed by atoms with Crippen LogP contribution in [0.3, 0.4) is 0 Å². The van der Waals surface area contributed by atoms with Crippen LogP contribution in [0.25, 0.3) is 16.8 Å². The second-order valence-corrected chi connectivity index (χ2v) is 7.55. The summed E-state index contributed by atoms with van der Waals surface area (Å²) in [5, 5.41) is 4.83. The minimum absolute atomic E-state index is 0.137. The van der Waals surface area contributed by atoms with Crippen molar-refractivity contribution in [3.8, 4) is 10.8 Å². The van der Waals surface area contributed by atoms with Crippen molar-refractivity contribution >= 4 is 23.3 Å². The first-order valence-electron chi connectivity index (χ1n) is 8.74. The molecule has 1 amide bonds. The largest absolute Gasteiger partial charge is 0.443 e. The lowest BCUT2D eigenvalue weighted by Gasteiger charge is -2.06. The molecule has 1 saturated carbocycles. The zero-order valence-corrected chi connectivity index (χ0v) is 15.7. The zero-order chi connectivity index (χ0) is 18.1. The van der Waals surface area contributed by atoms with Crippen LogP contribution in [0.1, 0.15) is 41.5 Å². The molecule has 26 heavy (non-hydrogen) atoms. The summed E-state index contributed by atoms with van der Waals surface area (Å²) in [5.41, 5.74) is 4.30. The average Bonchev–Trinajstić information content (AvgIpc) is 3.03. The minimum atomic E-state index is -0.137. The summed E-state index contributed by atoms with van der Waals surface area (Å²) in [6.45, 7) is 4.59. The lowest BCUT2D eigenvalue weighted by molar-refractivity contribution is -0.116. The maximum absolute atomic E-state index is 12.1. The van der Waals surface area contributed by atoms with Gasteiger partial charge in [-0.3, -0.25) is 4.79 Å². The quantitative estimate of drug-likeness (QED) is 0.653. The van der Waals surface area contributed by atoms with Crippen LogP contribution in [-0.4, -0.2) is 15.5 Å². The number of hydrogen-bond acceptors (Lipinski definition) is 4. The number of rotatable bonds is 6. The van der Waals surface area contributed by atoms with Crippen molar-refractivity contribution in [1.82, 2.24) is 14.9 Å². The van der Waals surface area contributed by atoms with Gasteiger partial charge in [0.25, 0.3) is 0 Å². The second-order valence-electron chi connectivity index (χ2n) is 6.60. The standard InChI is InChI=1S/C20H21N3O2S/c1-13-10-15(14(2)23(13)17-6-7-17)5-8-19(24)21-11-16-12-25-20(22-16)18-4-3-9-26-18/h3-5,8-10,12,17H,6-7,11H2,1-2H3,(H,21,24). The summed E-state index contributed by atoms with van der Waals surface area (Å²) in [7, 11) is 0. The Morgan fingerprint density at radius 1 is 1.46 bits per heavy atom. The molecule has 0 unspecified atom stereocenters. The summed E-state index contributed by atoms with van der Waals surface area (Å²) in [6, 6.07) is 6.70. The number of carbonyl (C=O) groups is 1. The van der Waals surface area contributed by atoms with Gasteiger partial charge in [0, 0.05) is 23.5 Å². The Bertz CT molecular complexity index is 946. The molecule has 0 bridgehead atoms. The monoisotopic (exact) mass is 367 g/mol. The molecule has 5 nitrogen and oxygen atoms in total. The van der Waals surface area contributed by atoms with E-state index in [9.17, 15) is 4.79 Å². The third kappa shape index (κ3) is 3.51. The van der Waals surface area contributed by atoms with E-state index in [2.05, 4.69) is 34.8 Å². The Labute approximate surface area is 156 Å². The van der Waals surface area contributed by atoms with Crippen molar-refractivity contribution in [2.75, 3.05) is 0 Å². The van der Waals surface area contributed by atoms with E-state index in [1.807, 2.05) is 23.6 Å². The van der Waals surface area contributed by atoms with E-state index < -0.39 is 0 Å². The van der Waals surface area contributed by atoms with Gasteiger partial charge in [-0.2, -0.15) is 0 Å². The van der Waals surface area contributed by atoms with Gasteiger partial charge in [0.05, 0.1) is 17.1 Å². The van der Waals surface area contributed by atoms with E-state index in [0.717, 1.165) is 10.4 Å². The smallest absolute Gasteiger partial charge is 0.244 e. The fourth-order valence-electron chi connectivity index (χ4n) is 3.17. The molecule has 1 aliphatic carbocycles. The van der Waals surface area contributed by atoms with Gasteiger partial charge in [0.15, 0.2) is 0 Å². The lowest BCUT2D eigenvalue weighted by atomic mass is 10.2. The molecule has 3 aromatic heterocycles. The number of nitrogens with one attached hydrogen (secondary N) is 1. The van der Waals surface area contributed by atoms with Gasteiger partial charge in [0.1, 0.15) is 6.26 Å². The highest BCUT2D eigenvalue weighted by atomic mass is 32.1. The average molecular weight is 367 g/mol. The van der Waals surface area contributed by atoms with Crippen LogP contribution in [0.15, 0.2) is 40.3 Å². The molecule has 0 spiro atoms. The third-order valence-corrected chi connectivity index (χ3v) is 5.44. The van der Waals surface area contributed by atoms with E-state index in [4.69, 9.17) is 4.42 Å². The van der Waals surface area contributed by atoms with Gasteiger partial charge in [-0.25, -0.2) is 4.98 Å². The van der Waals surface area contributed by atoms with Gasteiger partial charge in [-0.1, -0.05) is 6.07 Å². The van der Waals surface area contributed by atoms with E-state index in [0.29, 0.717) is 24.2 Å². The minimum Gasteiger partial charge on any atom is -0.443 e. The number of aryl methyl sites for hydroxylation is 1. The third-order valence-electron chi connectivity index (χ3n) is 4.58. The molecule has 0 aromatic carbocycles. The first-order chi connectivity index (χ1) is 12.6. The molecule has 0 saturated heterocycles. The van der Waals surface area contributed by atoms with Crippen molar-refractivity contribution in [2.24, 2.45) is 0 Å². The summed E-state index contributed by atoms with van der Waals surface area (Å²) in [5.74, 6) is 0.453. The zero-order valence-electron chi connectivity index (χ0n) is 14.9. The van der Waals surface area contributed by atoms with Crippen LogP contribution in [0.4, 0.5) is 0 Å². The molecule has 3 heterocycles. The van der Waals surface area contributed by atoms with Crippen molar-refractivity contribution < 1.29 is 9.21 Å². The van der Waals surface area contributed by atoms with E-state index in [1.165, 1.54) is 24.2 Å².